The van der Waals surface area contributed by atoms with Crippen molar-refractivity contribution in [3.8, 4) is 5.75 Å². The maximum atomic E-state index is 12.3. The SMILES string of the molecule is COc1cccc(NC(=O)CC2CSc3ccccc3NC2=O)c1. The minimum absolute atomic E-state index is 0.117. The number of methoxy groups -OCH3 is 1. The molecule has 2 aromatic rings. The molecule has 2 aromatic carbocycles. The molecule has 0 aromatic heterocycles. The van der Waals surface area contributed by atoms with Gasteiger partial charge in [0, 0.05) is 28.8 Å². The van der Waals surface area contributed by atoms with Crippen molar-refractivity contribution in [2.75, 3.05) is 23.5 Å². The van der Waals surface area contributed by atoms with Crippen molar-refractivity contribution in [3.63, 3.8) is 0 Å². The molecule has 0 saturated carbocycles. The Balaban J connectivity index is 1.63. The van der Waals surface area contributed by atoms with Crippen molar-refractivity contribution in [1.82, 2.24) is 0 Å². The van der Waals surface area contributed by atoms with Gasteiger partial charge in [-0.1, -0.05) is 18.2 Å². The molecule has 1 unspecified atom stereocenters. The Morgan fingerprint density at radius 3 is 2.96 bits per heavy atom. The Morgan fingerprint density at radius 1 is 1.29 bits per heavy atom. The molecule has 5 nitrogen and oxygen atoms in total. The van der Waals surface area contributed by atoms with Gasteiger partial charge in [0.2, 0.25) is 11.8 Å². The van der Waals surface area contributed by atoms with Gasteiger partial charge in [0.1, 0.15) is 5.75 Å². The third kappa shape index (κ3) is 3.89. The molecule has 1 aliphatic heterocycles. The van der Waals surface area contributed by atoms with Crippen LogP contribution in [0.25, 0.3) is 0 Å². The molecule has 0 fully saturated rings. The number of amides is 2. The second-order valence-electron chi connectivity index (χ2n) is 5.48. The van der Waals surface area contributed by atoms with Crippen LogP contribution in [0.1, 0.15) is 6.42 Å². The maximum Gasteiger partial charge on any atom is 0.228 e. The number of carbonyl (C=O) groups excluding carboxylic acids is 2. The number of anilines is 2. The van der Waals surface area contributed by atoms with Crippen LogP contribution >= 0.6 is 11.8 Å². The zero-order chi connectivity index (χ0) is 16.9. The van der Waals surface area contributed by atoms with Gasteiger partial charge in [-0.15, -0.1) is 11.8 Å². The summed E-state index contributed by atoms with van der Waals surface area (Å²) < 4.78 is 5.14. The van der Waals surface area contributed by atoms with Crippen molar-refractivity contribution in [1.29, 1.82) is 0 Å². The number of hydrogen-bond donors (Lipinski definition) is 2. The molecule has 1 aliphatic rings. The Kier molecular flexibility index (Phi) is 5.05. The van der Waals surface area contributed by atoms with Crippen LogP contribution in [0.5, 0.6) is 5.75 Å². The van der Waals surface area contributed by atoms with Crippen molar-refractivity contribution in [2.24, 2.45) is 5.92 Å². The Morgan fingerprint density at radius 2 is 2.12 bits per heavy atom. The van der Waals surface area contributed by atoms with Crippen LogP contribution in [0.3, 0.4) is 0 Å². The average molecular weight is 342 g/mol. The minimum Gasteiger partial charge on any atom is -0.497 e. The van der Waals surface area contributed by atoms with Crippen LogP contribution in [0.4, 0.5) is 11.4 Å². The van der Waals surface area contributed by atoms with Crippen molar-refractivity contribution < 1.29 is 14.3 Å². The van der Waals surface area contributed by atoms with Crippen LogP contribution < -0.4 is 15.4 Å². The molecular formula is C18H18N2O3S. The summed E-state index contributed by atoms with van der Waals surface area (Å²) in [6, 6.07) is 14.8. The largest absolute Gasteiger partial charge is 0.497 e. The fourth-order valence-electron chi connectivity index (χ4n) is 2.48. The van der Waals surface area contributed by atoms with E-state index in [1.54, 1.807) is 37.1 Å². The number of nitrogens with one attached hydrogen (secondary N) is 2. The molecular weight excluding hydrogens is 324 g/mol. The highest BCUT2D eigenvalue weighted by Crippen LogP contribution is 2.33. The fraction of sp³-hybridized carbons (Fsp3) is 0.222. The molecule has 0 aliphatic carbocycles. The smallest absolute Gasteiger partial charge is 0.228 e. The molecule has 1 heterocycles. The van der Waals surface area contributed by atoms with Gasteiger partial charge in [0.05, 0.1) is 18.7 Å². The summed E-state index contributed by atoms with van der Waals surface area (Å²) in [6.07, 6.45) is 0.143. The first-order valence-corrected chi connectivity index (χ1v) is 8.61. The first kappa shape index (κ1) is 16.4. The second-order valence-corrected chi connectivity index (χ2v) is 6.54. The topological polar surface area (TPSA) is 67.4 Å². The summed E-state index contributed by atoms with van der Waals surface area (Å²) >= 11 is 1.59. The van der Waals surface area contributed by atoms with Gasteiger partial charge >= 0.3 is 0 Å². The lowest BCUT2D eigenvalue weighted by atomic mass is 10.1. The molecule has 0 saturated heterocycles. The summed E-state index contributed by atoms with van der Waals surface area (Å²) in [7, 11) is 1.58. The highest BCUT2D eigenvalue weighted by molar-refractivity contribution is 7.99. The first-order valence-electron chi connectivity index (χ1n) is 7.62. The number of benzene rings is 2. The van der Waals surface area contributed by atoms with E-state index < -0.39 is 0 Å². The standard InChI is InChI=1S/C18H18N2O3S/c1-23-14-6-4-5-13(10-14)19-17(21)9-12-11-24-16-8-3-2-7-15(16)20-18(12)22/h2-8,10,12H,9,11H2,1H3,(H,19,21)(H,20,22). The molecule has 2 N–H and O–H groups in total. The molecule has 0 radical (unpaired) electrons. The average Bonchev–Trinajstić information content (AvgIpc) is 2.74. The summed E-state index contributed by atoms with van der Waals surface area (Å²) in [5.41, 5.74) is 1.47. The quantitative estimate of drug-likeness (QED) is 0.894. The van der Waals surface area contributed by atoms with Crippen LogP contribution in [0.2, 0.25) is 0 Å². The molecule has 124 valence electrons. The van der Waals surface area contributed by atoms with Gasteiger partial charge in [-0.25, -0.2) is 0 Å². The van der Waals surface area contributed by atoms with E-state index >= 15 is 0 Å². The predicted molar refractivity (Wildman–Crippen MR) is 95.5 cm³/mol. The maximum absolute atomic E-state index is 12.3. The van der Waals surface area contributed by atoms with E-state index in [9.17, 15) is 9.59 Å². The van der Waals surface area contributed by atoms with Crippen molar-refractivity contribution in [2.45, 2.75) is 11.3 Å². The predicted octanol–water partition coefficient (Wildman–Crippen LogP) is 3.38. The minimum atomic E-state index is -0.368. The normalized spacial score (nSPS) is 16.5. The first-order chi connectivity index (χ1) is 11.7. The summed E-state index contributed by atoms with van der Waals surface area (Å²) in [4.78, 5) is 25.6. The van der Waals surface area contributed by atoms with E-state index in [2.05, 4.69) is 10.6 Å². The van der Waals surface area contributed by atoms with Gasteiger partial charge in [0.25, 0.3) is 0 Å². The molecule has 3 rings (SSSR count). The van der Waals surface area contributed by atoms with Crippen molar-refractivity contribution >= 4 is 35.0 Å². The van der Waals surface area contributed by atoms with E-state index in [4.69, 9.17) is 4.74 Å². The highest BCUT2D eigenvalue weighted by Gasteiger charge is 2.26. The monoisotopic (exact) mass is 342 g/mol. The Hall–Kier alpha value is -2.47. The van der Waals surface area contributed by atoms with Crippen LogP contribution in [0, 0.1) is 5.92 Å². The third-order valence-electron chi connectivity index (χ3n) is 3.74. The van der Waals surface area contributed by atoms with Crippen LogP contribution in [0.15, 0.2) is 53.4 Å². The molecule has 1 atom stereocenters. The molecule has 0 bridgehead atoms. The van der Waals surface area contributed by atoms with E-state index in [1.807, 2.05) is 30.3 Å². The van der Waals surface area contributed by atoms with Crippen molar-refractivity contribution in [3.05, 3.63) is 48.5 Å². The number of rotatable bonds is 4. The summed E-state index contributed by atoms with van der Waals surface area (Å²) in [6.45, 7) is 0. The number of para-hydroxylation sites is 1. The van der Waals surface area contributed by atoms with Gasteiger partial charge in [0.15, 0.2) is 0 Å². The lowest BCUT2D eigenvalue weighted by Gasteiger charge is -2.13. The van der Waals surface area contributed by atoms with Gasteiger partial charge in [-0.05, 0) is 24.3 Å². The van der Waals surface area contributed by atoms with E-state index in [0.29, 0.717) is 17.2 Å². The number of carbonyl (C=O) groups is 2. The van der Waals surface area contributed by atoms with E-state index in [0.717, 1.165) is 10.6 Å². The van der Waals surface area contributed by atoms with Crippen LogP contribution in [-0.2, 0) is 9.59 Å². The van der Waals surface area contributed by atoms with E-state index in [1.165, 1.54) is 0 Å². The third-order valence-corrected chi connectivity index (χ3v) is 4.98. The van der Waals surface area contributed by atoms with Gasteiger partial charge in [-0.3, -0.25) is 9.59 Å². The molecule has 0 spiro atoms. The lowest BCUT2D eigenvalue weighted by Crippen LogP contribution is -2.27. The molecule has 24 heavy (non-hydrogen) atoms. The fourth-order valence-corrected chi connectivity index (χ4v) is 3.58. The summed E-state index contributed by atoms with van der Waals surface area (Å²) in [5, 5.41) is 5.72. The van der Waals surface area contributed by atoms with Gasteiger partial charge < -0.3 is 15.4 Å². The zero-order valence-corrected chi connectivity index (χ0v) is 14.1. The molecule has 6 heteroatoms. The van der Waals surface area contributed by atoms with Gasteiger partial charge in [-0.2, -0.15) is 0 Å². The number of thioether (sulfide) groups is 1. The van der Waals surface area contributed by atoms with E-state index in [-0.39, 0.29) is 24.2 Å². The number of ether oxygens (including phenoxy) is 1. The highest BCUT2D eigenvalue weighted by atomic mass is 32.2. The summed E-state index contributed by atoms with van der Waals surface area (Å²) in [5.74, 6) is 0.580. The number of hydrogen-bond acceptors (Lipinski definition) is 4. The molecule has 2 amide bonds. The van der Waals surface area contributed by atoms with Crippen LogP contribution in [-0.4, -0.2) is 24.7 Å². The second kappa shape index (κ2) is 7.40. The Bertz CT molecular complexity index is 763. The number of fused-ring (bicyclic) bond motifs is 1. The lowest BCUT2D eigenvalue weighted by molar-refractivity contribution is -0.124. The Labute approximate surface area is 144 Å². The zero-order valence-electron chi connectivity index (χ0n) is 13.2.